The van der Waals surface area contributed by atoms with Crippen LogP contribution in [0.4, 0.5) is 0 Å². The summed E-state index contributed by atoms with van der Waals surface area (Å²) in [6, 6.07) is 4.07. The minimum absolute atomic E-state index is 0.282. The molecule has 0 saturated carbocycles. The molecule has 1 rings (SSSR count). The van der Waals surface area contributed by atoms with Crippen LogP contribution in [0.25, 0.3) is 0 Å². The first-order valence-corrected chi connectivity index (χ1v) is 5.19. The van der Waals surface area contributed by atoms with Crippen molar-refractivity contribution in [2.45, 2.75) is 13.0 Å². The Morgan fingerprint density at radius 2 is 2.20 bits per heavy atom. The number of carbonyl (C=O) groups excluding carboxylic acids is 1. The van der Waals surface area contributed by atoms with Crippen LogP contribution in [0, 0.1) is 0 Å². The summed E-state index contributed by atoms with van der Waals surface area (Å²) in [7, 11) is 0. The largest absolute Gasteiger partial charge is 0.465 e. The number of esters is 1. The first-order valence-electron chi connectivity index (χ1n) is 4.44. The molecule has 0 radical (unpaired) electrons. The van der Waals surface area contributed by atoms with Gasteiger partial charge in [0.25, 0.3) is 0 Å². The number of hydrogen-bond donors (Lipinski definition) is 1. The van der Waals surface area contributed by atoms with Gasteiger partial charge in [0.15, 0.2) is 0 Å². The van der Waals surface area contributed by atoms with Crippen molar-refractivity contribution >= 4 is 29.2 Å². The molecule has 0 aromatic heterocycles. The molecule has 0 aliphatic carbocycles. The zero-order valence-electron chi connectivity index (χ0n) is 8.17. The third-order valence-corrected chi connectivity index (χ3v) is 2.69. The molecule has 0 fully saturated rings. The van der Waals surface area contributed by atoms with E-state index in [1.807, 2.05) is 0 Å². The van der Waals surface area contributed by atoms with E-state index in [9.17, 15) is 4.79 Å². The second kappa shape index (κ2) is 5.35. The molecule has 2 N–H and O–H groups in total. The molecule has 0 amide bonds. The van der Waals surface area contributed by atoms with Gasteiger partial charge in [0.2, 0.25) is 0 Å². The second-order valence-electron chi connectivity index (χ2n) is 2.87. The second-order valence-corrected chi connectivity index (χ2v) is 3.66. The van der Waals surface area contributed by atoms with Crippen LogP contribution >= 0.6 is 23.2 Å². The Bertz CT molecular complexity index is 368. The predicted octanol–water partition coefficient (Wildman–Crippen LogP) is 2.56. The van der Waals surface area contributed by atoms with Crippen molar-refractivity contribution in [1.29, 1.82) is 0 Å². The highest BCUT2D eigenvalue weighted by molar-refractivity contribution is 6.42. The average Bonchev–Trinajstić information content (AvgIpc) is 2.21. The van der Waals surface area contributed by atoms with E-state index in [4.69, 9.17) is 33.7 Å². The van der Waals surface area contributed by atoms with Gasteiger partial charge in [-0.25, -0.2) is 4.79 Å². The lowest BCUT2D eigenvalue weighted by atomic mass is 10.1. The van der Waals surface area contributed by atoms with E-state index in [1.54, 1.807) is 25.1 Å². The van der Waals surface area contributed by atoms with Crippen LogP contribution < -0.4 is 5.73 Å². The molecule has 0 bridgehead atoms. The Morgan fingerprint density at radius 3 is 2.80 bits per heavy atom. The minimum atomic E-state index is -0.892. The van der Waals surface area contributed by atoms with Gasteiger partial charge in [-0.3, -0.25) is 0 Å². The van der Waals surface area contributed by atoms with Crippen LogP contribution in [0.15, 0.2) is 18.2 Å². The van der Waals surface area contributed by atoms with E-state index in [0.29, 0.717) is 15.6 Å². The molecule has 0 saturated heterocycles. The molecule has 1 unspecified atom stereocenters. The standard InChI is InChI=1S/C10H11Cl2NO2/c1-2-15-10(14)9(13)6-4-3-5-7(11)8(6)12/h3-5,9H,2,13H2,1H3. The molecule has 15 heavy (non-hydrogen) atoms. The maximum absolute atomic E-state index is 11.4. The van der Waals surface area contributed by atoms with Gasteiger partial charge in [0.05, 0.1) is 16.7 Å². The number of rotatable bonds is 3. The third kappa shape index (κ3) is 2.84. The molecule has 1 aromatic rings. The van der Waals surface area contributed by atoms with Crippen LogP contribution in [0.2, 0.25) is 10.0 Å². The third-order valence-electron chi connectivity index (χ3n) is 1.86. The van der Waals surface area contributed by atoms with E-state index >= 15 is 0 Å². The SMILES string of the molecule is CCOC(=O)C(N)c1cccc(Cl)c1Cl. The van der Waals surface area contributed by atoms with Gasteiger partial charge in [0, 0.05) is 5.56 Å². The van der Waals surface area contributed by atoms with Crippen molar-refractivity contribution in [2.75, 3.05) is 6.61 Å². The van der Waals surface area contributed by atoms with Gasteiger partial charge in [0.1, 0.15) is 6.04 Å². The lowest BCUT2D eigenvalue weighted by Crippen LogP contribution is -2.24. The van der Waals surface area contributed by atoms with Crippen LogP contribution in [-0.2, 0) is 9.53 Å². The first-order chi connectivity index (χ1) is 7.07. The van der Waals surface area contributed by atoms with E-state index in [-0.39, 0.29) is 6.61 Å². The topological polar surface area (TPSA) is 52.3 Å². The maximum Gasteiger partial charge on any atom is 0.327 e. The average molecular weight is 248 g/mol. The summed E-state index contributed by atoms with van der Waals surface area (Å²) in [4.78, 5) is 11.4. The van der Waals surface area contributed by atoms with Gasteiger partial charge in [-0.2, -0.15) is 0 Å². The van der Waals surface area contributed by atoms with Crippen LogP contribution in [0.1, 0.15) is 18.5 Å². The van der Waals surface area contributed by atoms with Gasteiger partial charge in [-0.1, -0.05) is 35.3 Å². The number of carbonyl (C=O) groups is 1. The van der Waals surface area contributed by atoms with E-state index in [0.717, 1.165) is 0 Å². The monoisotopic (exact) mass is 247 g/mol. The van der Waals surface area contributed by atoms with Crippen LogP contribution in [-0.4, -0.2) is 12.6 Å². The maximum atomic E-state index is 11.4. The summed E-state index contributed by atoms with van der Waals surface area (Å²) in [6.45, 7) is 1.99. The molecule has 0 spiro atoms. The zero-order valence-corrected chi connectivity index (χ0v) is 9.68. The van der Waals surface area contributed by atoms with Crippen LogP contribution in [0.3, 0.4) is 0 Å². The molecule has 0 aliphatic rings. The lowest BCUT2D eigenvalue weighted by molar-refractivity contribution is -0.144. The highest BCUT2D eigenvalue weighted by Gasteiger charge is 2.20. The van der Waals surface area contributed by atoms with Gasteiger partial charge in [-0.05, 0) is 13.0 Å². The highest BCUT2D eigenvalue weighted by Crippen LogP contribution is 2.29. The van der Waals surface area contributed by atoms with E-state index < -0.39 is 12.0 Å². The van der Waals surface area contributed by atoms with Gasteiger partial charge in [-0.15, -0.1) is 0 Å². The Labute approximate surface area is 98.1 Å². The Kier molecular flexibility index (Phi) is 4.39. The normalized spacial score (nSPS) is 12.3. The Balaban J connectivity index is 2.96. The predicted molar refractivity (Wildman–Crippen MR) is 60.0 cm³/mol. The number of nitrogens with two attached hydrogens (primary N) is 1. The molecular formula is C10H11Cl2NO2. The van der Waals surface area contributed by atoms with Crippen molar-refractivity contribution in [3.05, 3.63) is 33.8 Å². The number of halogens is 2. The summed E-state index contributed by atoms with van der Waals surface area (Å²) >= 11 is 11.7. The summed E-state index contributed by atoms with van der Waals surface area (Å²) in [5.41, 5.74) is 6.15. The molecule has 3 nitrogen and oxygen atoms in total. The van der Waals surface area contributed by atoms with E-state index in [2.05, 4.69) is 0 Å². The minimum Gasteiger partial charge on any atom is -0.465 e. The van der Waals surface area contributed by atoms with Crippen molar-refractivity contribution in [2.24, 2.45) is 5.73 Å². The summed E-state index contributed by atoms with van der Waals surface area (Å²) < 4.78 is 4.79. The molecule has 1 atom stereocenters. The lowest BCUT2D eigenvalue weighted by Gasteiger charge is -2.12. The van der Waals surface area contributed by atoms with Crippen LogP contribution in [0.5, 0.6) is 0 Å². The Hall–Kier alpha value is -0.770. The van der Waals surface area contributed by atoms with Crippen molar-refractivity contribution in [1.82, 2.24) is 0 Å². The molecule has 0 heterocycles. The summed E-state index contributed by atoms with van der Waals surface area (Å²) in [6.07, 6.45) is 0. The molecule has 1 aromatic carbocycles. The van der Waals surface area contributed by atoms with E-state index in [1.165, 1.54) is 0 Å². The fraction of sp³-hybridized carbons (Fsp3) is 0.300. The fourth-order valence-corrected chi connectivity index (χ4v) is 1.55. The molecular weight excluding hydrogens is 237 g/mol. The smallest absolute Gasteiger partial charge is 0.327 e. The number of benzene rings is 1. The van der Waals surface area contributed by atoms with Gasteiger partial charge < -0.3 is 10.5 Å². The fourth-order valence-electron chi connectivity index (χ4n) is 1.12. The van der Waals surface area contributed by atoms with Crippen molar-refractivity contribution < 1.29 is 9.53 Å². The summed E-state index contributed by atoms with van der Waals surface area (Å²) in [5.74, 6) is -0.512. The molecule has 0 aliphatic heterocycles. The first kappa shape index (κ1) is 12.3. The molecule has 82 valence electrons. The zero-order chi connectivity index (χ0) is 11.4. The Morgan fingerprint density at radius 1 is 1.53 bits per heavy atom. The molecule has 5 heteroatoms. The highest BCUT2D eigenvalue weighted by atomic mass is 35.5. The number of ether oxygens (including phenoxy) is 1. The van der Waals surface area contributed by atoms with Crippen molar-refractivity contribution in [3.63, 3.8) is 0 Å². The quantitative estimate of drug-likeness (QED) is 0.836. The van der Waals surface area contributed by atoms with Crippen molar-refractivity contribution in [3.8, 4) is 0 Å². The number of hydrogen-bond acceptors (Lipinski definition) is 3. The van der Waals surface area contributed by atoms with Gasteiger partial charge >= 0.3 is 5.97 Å². The summed E-state index contributed by atoms with van der Waals surface area (Å²) in [5, 5.41) is 0.661.